The predicted octanol–water partition coefficient (Wildman–Crippen LogP) is 1.96. The van der Waals surface area contributed by atoms with Crippen LogP contribution in [0.4, 0.5) is 5.69 Å². The molecule has 7 heteroatoms. The van der Waals surface area contributed by atoms with Gasteiger partial charge in [0.05, 0.1) is 29.3 Å². The molecule has 112 valence electrons. The molecule has 0 unspecified atom stereocenters. The van der Waals surface area contributed by atoms with Crippen LogP contribution in [0.25, 0.3) is 0 Å². The van der Waals surface area contributed by atoms with Crippen molar-refractivity contribution in [1.29, 1.82) is 0 Å². The number of pyridine rings is 1. The molecule has 2 aromatic heterocycles. The van der Waals surface area contributed by atoms with Gasteiger partial charge in [0.1, 0.15) is 5.82 Å². The van der Waals surface area contributed by atoms with E-state index in [9.17, 15) is 10.1 Å². The van der Waals surface area contributed by atoms with Gasteiger partial charge >= 0.3 is 0 Å². The number of nitrogens with zero attached hydrogens (tertiary/aromatic N) is 4. The maximum atomic E-state index is 11.2. The summed E-state index contributed by atoms with van der Waals surface area (Å²) in [5.74, 6) is 0.890. The van der Waals surface area contributed by atoms with Crippen molar-refractivity contribution in [3.05, 3.63) is 51.4 Å². The summed E-state index contributed by atoms with van der Waals surface area (Å²) in [5.41, 5.74) is 2.04. The Bertz CT molecular complexity index is 651. The zero-order valence-corrected chi connectivity index (χ0v) is 12.5. The summed E-state index contributed by atoms with van der Waals surface area (Å²) in [6, 6.07) is 0. The Labute approximate surface area is 123 Å². The van der Waals surface area contributed by atoms with Crippen LogP contribution in [0, 0.1) is 24.0 Å². The maximum Gasteiger partial charge on any atom is 0.278 e. The van der Waals surface area contributed by atoms with E-state index in [2.05, 4.69) is 15.3 Å². The first-order valence-electron chi connectivity index (χ1n) is 6.84. The van der Waals surface area contributed by atoms with Crippen molar-refractivity contribution in [2.75, 3.05) is 6.54 Å². The summed E-state index contributed by atoms with van der Waals surface area (Å²) in [7, 11) is 0. The fourth-order valence-electron chi connectivity index (χ4n) is 2.25. The fraction of sp³-hybridized carbons (Fsp3) is 0.429. The Morgan fingerprint density at radius 2 is 2.14 bits per heavy atom. The number of hydrogen-bond donors (Lipinski definition) is 1. The molecule has 0 aliphatic heterocycles. The molecule has 0 saturated heterocycles. The van der Waals surface area contributed by atoms with E-state index in [1.807, 2.05) is 17.7 Å². The summed E-state index contributed by atoms with van der Waals surface area (Å²) in [4.78, 5) is 19.4. The number of nitrogens with one attached hydrogen (secondary N) is 1. The quantitative estimate of drug-likeness (QED) is 0.649. The lowest BCUT2D eigenvalue weighted by Gasteiger charge is -2.11. The van der Waals surface area contributed by atoms with Gasteiger partial charge in [0, 0.05) is 24.2 Å². The second-order valence-electron chi connectivity index (χ2n) is 4.87. The highest BCUT2D eigenvalue weighted by Crippen LogP contribution is 2.24. The molecule has 0 spiro atoms. The second kappa shape index (κ2) is 6.45. The van der Waals surface area contributed by atoms with Crippen LogP contribution in [-0.2, 0) is 13.1 Å². The molecule has 0 saturated carbocycles. The van der Waals surface area contributed by atoms with Crippen molar-refractivity contribution in [2.45, 2.75) is 33.9 Å². The van der Waals surface area contributed by atoms with E-state index in [0.717, 1.165) is 12.4 Å². The third kappa shape index (κ3) is 3.25. The van der Waals surface area contributed by atoms with Crippen molar-refractivity contribution >= 4 is 5.69 Å². The van der Waals surface area contributed by atoms with Crippen molar-refractivity contribution in [1.82, 2.24) is 19.9 Å². The molecule has 7 nitrogen and oxygen atoms in total. The molecule has 0 amide bonds. The van der Waals surface area contributed by atoms with Gasteiger partial charge in [0.25, 0.3) is 5.69 Å². The van der Waals surface area contributed by atoms with E-state index in [0.29, 0.717) is 29.9 Å². The molecule has 0 bridgehead atoms. The maximum absolute atomic E-state index is 11.2. The number of hydrogen-bond acceptors (Lipinski definition) is 5. The Kier molecular flexibility index (Phi) is 4.64. The van der Waals surface area contributed by atoms with Gasteiger partial charge in [-0.05, 0) is 20.4 Å². The number of rotatable bonds is 6. The van der Waals surface area contributed by atoms with Crippen molar-refractivity contribution in [3.63, 3.8) is 0 Å². The van der Waals surface area contributed by atoms with E-state index in [4.69, 9.17) is 0 Å². The normalized spacial score (nSPS) is 10.8. The summed E-state index contributed by atoms with van der Waals surface area (Å²) in [6.07, 6.45) is 5.14. The molecular weight excluding hydrogens is 270 g/mol. The minimum absolute atomic E-state index is 0.147. The van der Waals surface area contributed by atoms with E-state index < -0.39 is 0 Å². The average Bonchev–Trinajstić information content (AvgIpc) is 2.86. The van der Waals surface area contributed by atoms with Gasteiger partial charge in [0.15, 0.2) is 0 Å². The van der Waals surface area contributed by atoms with E-state index >= 15 is 0 Å². The molecule has 2 aromatic rings. The SMILES string of the molecule is CCNCc1nccn1Cc1ncc(C)c([N+](=O)[O-])c1C. The number of imidazole rings is 1. The van der Waals surface area contributed by atoms with Gasteiger partial charge in [-0.2, -0.15) is 0 Å². The molecule has 0 aromatic carbocycles. The highest BCUT2D eigenvalue weighted by atomic mass is 16.6. The van der Waals surface area contributed by atoms with Crippen LogP contribution in [0.15, 0.2) is 18.6 Å². The first kappa shape index (κ1) is 15.1. The van der Waals surface area contributed by atoms with Crippen molar-refractivity contribution in [3.8, 4) is 0 Å². The van der Waals surface area contributed by atoms with Crippen LogP contribution in [0.1, 0.15) is 29.6 Å². The smallest absolute Gasteiger partial charge is 0.278 e. The molecule has 2 rings (SSSR count). The molecule has 0 atom stereocenters. The lowest BCUT2D eigenvalue weighted by atomic mass is 10.1. The first-order chi connectivity index (χ1) is 10.0. The summed E-state index contributed by atoms with van der Waals surface area (Å²) in [5, 5.41) is 14.4. The van der Waals surface area contributed by atoms with Crippen LogP contribution in [-0.4, -0.2) is 26.0 Å². The Morgan fingerprint density at radius 3 is 2.81 bits per heavy atom. The molecule has 0 fully saturated rings. The molecular formula is C14H19N5O2. The molecule has 0 radical (unpaired) electrons. The van der Waals surface area contributed by atoms with Gasteiger partial charge in [-0.25, -0.2) is 4.98 Å². The van der Waals surface area contributed by atoms with Crippen molar-refractivity contribution in [2.24, 2.45) is 0 Å². The van der Waals surface area contributed by atoms with Gasteiger partial charge < -0.3 is 9.88 Å². The predicted molar refractivity (Wildman–Crippen MR) is 79.1 cm³/mol. The molecule has 2 heterocycles. The standard InChI is InChI=1S/C14H19N5O2/c1-4-15-8-13-16-5-6-18(13)9-12-11(3)14(19(20)21)10(2)7-17-12/h5-7,15H,4,8-9H2,1-3H3. The molecule has 21 heavy (non-hydrogen) atoms. The van der Waals surface area contributed by atoms with Crippen LogP contribution < -0.4 is 5.32 Å². The second-order valence-corrected chi connectivity index (χ2v) is 4.87. The molecule has 0 aliphatic carbocycles. The largest absolute Gasteiger partial charge is 0.328 e. The highest BCUT2D eigenvalue weighted by Gasteiger charge is 2.19. The van der Waals surface area contributed by atoms with Gasteiger partial charge in [-0.3, -0.25) is 15.1 Å². The fourth-order valence-corrected chi connectivity index (χ4v) is 2.25. The van der Waals surface area contributed by atoms with Gasteiger partial charge in [-0.1, -0.05) is 6.92 Å². The summed E-state index contributed by atoms with van der Waals surface area (Å²) >= 11 is 0. The topological polar surface area (TPSA) is 85.9 Å². The van der Waals surface area contributed by atoms with Crippen LogP contribution in [0.5, 0.6) is 0 Å². The lowest BCUT2D eigenvalue weighted by Crippen LogP contribution is -2.17. The highest BCUT2D eigenvalue weighted by molar-refractivity contribution is 5.47. The van der Waals surface area contributed by atoms with Crippen molar-refractivity contribution < 1.29 is 4.92 Å². The Balaban J connectivity index is 2.30. The summed E-state index contributed by atoms with van der Waals surface area (Å²) in [6.45, 7) is 7.48. The lowest BCUT2D eigenvalue weighted by molar-refractivity contribution is -0.386. The zero-order chi connectivity index (χ0) is 15.4. The van der Waals surface area contributed by atoms with Crippen LogP contribution in [0.3, 0.4) is 0 Å². The van der Waals surface area contributed by atoms with Crippen LogP contribution in [0.2, 0.25) is 0 Å². The minimum Gasteiger partial charge on any atom is -0.328 e. The molecule has 1 N–H and O–H groups in total. The van der Waals surface area contributed by atoms with Gasteiger partial charge in [0.2, 0.25) is 0 Å². The Morgan fingerprint density at radius 1 is 1.38 bits per heavy atom. The van der Waals surface area contributed by atoms with Crippen LogP contribution >= 0.6 is 0 Å². The summed E-state index contributed by atoms with van der Waals surface area (Å²) < 4.78 is 1.96. The zero-order valence-electron chi connectivity index (χ0n) is 12.5. The van der Waals surface area contributed by atoms with E-state index in [1.54, 1.807) is 26.2 Å². The first-order valence-corrected chi connectivity index (χ1v) is 6.84. The third-order valence-electron chi connectivity index (χ3n) is 3.41. The Hall–Kier alpha value is -2.28. The average molecular weight is 289 g/mol. The third-order valence-corrected chi connectivity index (χ3v) is 3.41. The van der Waals surface area contributed by atoms with E-state index in [1.165, 1.54) is 0 Å². The number of aryl methyl sites for hydroxylation is 1. The minimum atomic E-state index is -0.344. The molecule has 0 aliphatic rings. The van der Waals surface area contributed by atoms with Gasteiger partial charge in [-0.15, -0.1) is 0 Å². The van der Waals surface area contributed by atoms with E-state index in [-0.39, 0.29) is 10.6 Å². The number of nitro groups is 1. The number of aromatic nitrogens is 3. The monoisotopic (exact) mass is 289 g/mol.